The summed E-state index contributed by atoms with van der Waals surface area (Å²) in [6.07, 6.45) is 0. The molecule has 0 saturated heterocycles. The summed E-state index contributed by atoms with van der Waals surface area (Å²) in [5.41, 5.74) is 1.15. The number of amides is 2. The minimum absolute atomic E-state index is 0.0342. The lowest BCUT2D eigenvalue weighted by Gasteiger charge is -2.17. The summed E-state index contributed by atoms with van der Waals surface area (Å²) < 4.78 is 10.8. The van der Waals surface area contributed by atoms with Crippen LogP contribution in [0.2, 0.25) is 10.0 Å². The highest BCUT2D eigenvalue weighted by atomic mass is 35.5. The van der Waals surface area contributed by atoms with Crippen molar-refractivity contribution in [3.05, 3.63) is 52.5 Å². The van der Waals surface area contributed by atoms with Gasteiger partial charge in [-0.15, -0.1) is 10.2 Å². The Morgan fingerprint density at radius 1 is 1.13 bits per heavy atom. The van der Waals surface area contributed by atoms with Gasteiger partial charge in [0.2, 0.25) is 17.7 Å². The van der Waals surface area contributed by atoms with Crippen LogP contribution in [-0.2, 0) is 9.59 Å². The van der Waals surface area contributed by atoms with Gasteiger partial charge in [-0.1, -0.05) is 35.0 Å². The Balaban J connectivity index is 1.51. The predicted molar refractivity (Wildman–Crippen MR) is 120 cm³/mol. The quantitative estimate of drug-likeness (QED) is 0.481. The van der Waals surface area contributed by atoms with Crippen molar-refractivity contribution in [2.45, 2.75) is 5.22 Å². The van der Waals surface area contributed by atoms with E-state index in [-0.39, 0.29) is 29.3 Å². The van der Waals surface area contributed by atoms with Crippen molar-refractivity contribution in [1.82, 2.24) is 15.1 Å². The maximum absolute atomic E-state index is 12.4. The van der Waals surface area contributed by atoms with E-state index in [4.69, 9.17) is 32.4 Å². The Hall–Kier alpha value is -2.75. The normalized spacial score (nSPS) is 10.6. The molecule has 0 unspecified atom stereocenters. The molecule has 31 heavy (non-hydrogen) atoms. The first-order valence-corrected chi connectivity index (χ1v) is 10.7. The molecule has 1 N–H and O–H groups in total. The summed E-state index contributed by atoms with van der Waals surface area (Å²) in [5, 5.41) is 11.9. The Morgan fingerprint density at radius 2 is 1.84 bits per heavy atom. The molecule has 8 nitrogen and oxygen atoms in total. The molecular weight excluding hydrogens is 463 g/mol. The van der Waals surface area contributed by atoms with Gasteiger partial charge >= 0.3 is 0 Å². The summed E-state index contributed by atoms with van der Waals surface area (Å²) in [4.78, 5) is 26.0. The molecule has 1 heterocycles. The molecule has 0 fully saturated rings. The molecule has 0 bridgehead atoms. The molecule has 2 amide bonds. The van der Waals surface area contributed by atoms with Crippen LogP contribution in [0.3, 0.4) is 0 Å². The summed E-state index contributed by atoms with van der Waals surface area (Å²) >= 11 is 12.9. The van der Waals surface area contributed by atoms with E-state index in [0.717, 1.165) is 17.3 Å². The topological polar surface area (TPSA) is 97.6 Å². The number of hydrogen-bond acceptors (Lipinski definition) is 7. The van der Waals surface area contributed by atoms with Gasteiger partial charge in [0.05, 0.1) is 25.1 Å². The third kappa shape index (κ3) is 6.36. The van der Waals surface area contributed by atoms with Crippen molar-refractivity contribution in [3.8, 4) is 17.2 Å². The second kappa shape index (κ2) is 10.5. The number of rotatable bonds is 8. The van der Waals surface area contributed by atoms with Crippen LogP contribution in [0.25, 0.3) is 11.5 Å². The minimum atomic E-state index is -0.385. The largest absolute Gasteiger partial charge is 0.495 e. The number of carbonyl (C=O) groups is 2. The standard InChI is InChI=1S/C20H18Cl2N4O4S/c1-26(10-17(27)23-15-9-14(22)7-8-16(15)29-2)18(28)11-31-20-25-24-19(30-20)12-3-5-13(21)6-4-12/h3-9H,10-11H2,1-2H3,(H,23,27). The highest BCUT2D eigenvalue weighted by Gasteiger charge is 2.17. The second-order valence-corrected chi connectivity index (χ2v) is 8.11. The van der Waals surface area contributed by atoms with Gasteiger partial charge in [-0.2, -0.15) is 0 Å². The van der Waals surface area contributed by atoms with E-state index in [0.29, 0.717) is 27.4 Å². The summed E-state index contributed by atoms with van der Waals surface area (Å²) in [7, 11) is 3.02. The van der Waals surface area contributed by atoms with E-state index in [2.05, 4.69) is 15.5 Å². The monoisotopic (exact) mass is 480 g/mol. The van der Waals surface area contributed by atoms with Gasteiger partial charge in [0.15, 0.2) is 0 Å². The number of halogens is 2. The van der Waals surface area contributed by atoms with Crippen LogP contribution in [0.15, 0.2) is 52.1 Å². The van der Waals surface area contributed by atoms with Gasteiger partial charge in [0.25, 0.3) is 5.22 Å². The fraction of sp³-hybridized carbons (Fsp3) is 0.200. The maximum Gasteiger partial charge on any atom is 0.277 e. The van der Waals surface area contributed by atoms with Crippen molar-refractivity contribution < 1.29 is 18.7 Å². The number of aromatic nitrogens is 2. The van der Waals surface area contributed by atoms with Gasteiger partial charge in [-0.25, -0.2) is 0 Å². The Labute approximate surface area is 192 Å². The zero-order valence-corrected chi connectivity index (χ0v) is 18.9. The molecule has 162 valence electrons. The van der Waals surface area contributed by atoms with Crippen molar-refractivity contribution in [2.24, 2.45) is 0 Å². The van der Waals surface area contributed by atoms with Crippen molar-refractivity contribution in [3.63, 3.8) is 0 Å². The SMILES string of the molecule is COc1ccc(Cl)cc1NC(=O)CN(C)C(=O)CSc1nnc(-c2ccc(Cl)cc2)o1. The predicted octanol–water partition coefficient (Wildman–Crippen LogP) is 4.24. The molecule has 1 aromatic heterocycles. The van der Waals surface area contributed by atoms with E-state index in [1.165, 1.54) is 19.1 Å². The molecule has 0 radical (unpaired) electrons. The summed E-state index contributed by atoms with van der Waals surface area (Å²) in [6.45, 7) is -0.144. The van der Waals surface area contributed by atoms with Crippen LogP contribution >= 0.6 is 35.0 Å². The number of nitrogens with zero attached hydrogens (tertiary/aromatic N) is 3. The van der Waals surface area contributed by atoms with Crippen molar-refractivity contribution in [1.29, 1.82) is 0 Å². The van der Waals surface area contributed by atoms with Crippen LogP contribution in [0, 0.1) is 0 Å². The van der Waals surface area contributed by atoms with E-state index in [9.17, 15) is 9.59 Å². The average molecular weight is 481 g/mol. The summed E-state index contributed by atoms with van der Waals surface area (Å²) in [6, 6.07) is 11.8. The number of likely N-dealkylation sites (N-methyl/N-ethyl adjacent to an activating group) is 1. The minimum Gasteiger partial charge on any atom is -0.495 e. The number of methoxy groups -OCH3 is 1. The smallest absolute Gasteiger partial charge is 0.277 e. The Morgan fingerprint density at radius 3 is 2.55 bits per heavy atom. The van der Waals surface area contributed by atoms with Gasteiger partial charge in [0, 0.05) is 22.7 Å². The van der Waals surface area contributed by atoms with Gasteiger partial charge in [-0.05, 0) is 42.5 Å². The molecule has 0 aliphatic carbocycles. The number of anilines is 1. The van der Waals surface area contributed by atoms with Crippen LogP contribution in [0.1, 0.15) is 0 Å². The van der Waals surface area contributed by atoms with E-state index in [1.807, 2.05) is 0 Å². The number of nitrogens with one attached hydrogen (secondary N) is 1. The van der Waals surface area contributed by atoms with Crippen LogP contribution in [0.5, 0.6) is 5.75 Å². The maximum atomic E-state index is 12.4. The van der Waals surface area contributed by atoms with E-state index >= 15 is 0 Å². The lowest BCUT2D eigenvalue weighted by atomic mass is 10.2. The lowest BCUT2D eigenvalue weighted by Crippen LogP contribution is -2.36. The number of benzene rings is 2. The second-order valence-electron chi connectivity index (χ2n) is 6.31. The number of thioether (sulfide) groups is 1. The van der Waals surface area contributed by atoms with Crippen LogP contribution in [0.4, 0.5) is 5.69 Å². The number of carbonyl (C=O) groups excluding carboxylic acids is 2. The molecule has 0 aliphatic rings. The zero-order chi connectivity index (χ0) is 22.4. The fourth-order valence-electron chi connectivity index (χ4n) is 2.48. The summed E-state index contributed by atoms with van der Waals surface area (Å²) in [5.74, 6) is 0.172. The van der Waals surface area contributed by atoms with E-state index in [1.54, 1.807) is 42.5 Å². The van der Waals surface area contributed by atoms with Gasteiger partial charge in [-0.3, -0.25) is 9.59 Å². The van der Waals surface area contributed by atoms with Crippen LogP contribution < -0.4 is 10.1 Å². The van der Waals surface area contributed by atoms with E-state index < -0.39 is 0 Å². The average Bonchev–Trinajstić information content (AvgIpc) is 3.21. The molecule has 11 heteroatoms. The lowest BCUT2D eigenvalue weighted by molar-refractivity contribution is -0.131. The zero-order valence-electron chi connectivity index (χ0n) is 16.6. The molecule has 2 aromatic carbocycles. The van der Waals surface area contributed by atoms with Gasteiger partial charge in [0.1, 0.15) is 5.75 Å². The molecule has 0 saturated carbocycles. The third-order valence-corrected chi connectivity index (χ3v) is 5.35. The van der Waals surface area contributed by atoms with Crippen molar-refractivity contribution in [2.75, 3.05) is 31.8 Å². The Bertz CT molecular complexity index is 1080. The molecule has 3 rings (SSSR count). The number of hydrogen-bond donors (Lipinski definition) is 1. The highest BCUT2D eigenvalue weighted by molar-refractivity contribution is 7.99. The number of ether oxygens (including phenoxy) is 1. The first kappa shape index (κ1) is 22.9. The Kier molecular flexibility index (Phi) is 7.78. The molecule has 0 spiro atoms. The molecule has 0 aliphatic heterocycles. The van der Waals surface area contributed by atoms with Crippen molar-refractivity contribution >= 4 is 52.5 Å². The van der Waals surface area contributed by atoms with Crippen LogP contribution in [-0.4, -0.2) is 53.4 Å². The van der Waals surface area contributed by atoms with Gasteiger partial charge < -0.3 is 19.4 Å². The molecule has 0 atom stereocenters. The molecule has 3 aromatic rings. The molecular formula is C20H18Cl2N4O4S. The fourth-order valence-corrected chi connectivity index (χ4v) is 3.48. The third-order valence-electron chi connectivity index (χ3n) is 4.06. The highest BCUT2D eigenvalue weighted by Crippen LogP contribution is 2.28. The first-order chi connectivity index (χ1) is 14.9. The first-order valence-electron chi connectivity index (χ1n) is 8.95.